The first-order valence-electron chi connectivity index (χ1n) is 6.02. The molecule has 94 valence electrons. The first-order valence-corrected chi connectivity index (χ1v) is 6.02. The van der Waals surface area contributed by atoms with Crippen LogP contribution in [0.4, 0.5) is 4.79 Å². The van der Waals surface area contributed by atoms with E-state index in [9.17, 15) is 4.79 Å². The Morgan fingerprint density at radius 2 is 1.88 bits per heavy atom. The quantitative estimate of drug-likeness (QED) is 0.730. The fraction of sp³-hybridized carbons (Fsp3) is 0.917. The summed E-state index contributed by atoms with van der Waals surface area (Å²) in [7, 11) is 0. The summed E-state index contributed by atoms with van der Waals surface area (Å²) in [5.74, 6) is 0. The van der Waals surface area contributed by atoms with Crippen LogP contribution in [-0.4, -0.2) is 42.4 Å². The summed E-state index contributed by atoms with van der Waals surface area (Å²) < 4.78 is 10.9. The minimum atomic E-state index is -0.409. The molecule has 1 amide bonds. The molecule has 0 atom stereocenters. The molecule has 0 aromatic carbocycles. The fourth-order valence-corrected chi connectivity index (χ4v) is 1.77. The Kier molecular flexibility index (Phi) is 4.59. The van der Waals surface area contributed by atoms with Crippen LogP contribution in [0.1, 0.15) is 40.5 Å². The number of carbonyl (C=O) groups is 1. The highest BCUT2D eigenvalue weighted by molar-refractivity contribution is 5.68. The maximum absolute atomic E-state index is 11.7. The molecule has 16 heavy (non-hydrogen) atoms. The molecule has 0 aliphatic carbocycles. The van der Waals surface area contributed by atoms with Gasteiger partial charge >= 0.3 is 6.09 Å². The van der Waals surface area contributed by atoms with Crippen molar-refractivity contribution in [1.29, 1.82) is 0 Å². The third-order valence-corrected chi connectivity index (χ3v) is 2.50. The molecule has 1 aliphatic rings. The zero-order valence-electron chi connectivity index (χ0n) is 10.8. The molecule has 0 saturated carbocycles. The van der Waals surface area contributed by atoms with Gasteiger partial charge in [-0.1, -0.05) is 0 Å². The molecule has 1 aliphatic heterocycles. The normalized spacial score (nSPS) is 18.6. The number of hydrogen-bond acceptors (Lipinski definition) is 3. The van der Waals surface area contributed by atoms with E-state index in [1.807, 2.05) is 27.7 Å². The third-order valence-electron chi connectivity index (χ3n) is 2.50. The van der Waals surface area contributed by atoms with Gasteiger partial charge in [0.25, 0.3) is 0 Å². The molecule has 1 heterocycles. The highest BCUT2D eigenvalue weighted by atomic mass is 16.6. The van der Waals surface area contributed by atoms with E-state index >= 15 is 0 Å². The maximum Gasteiger partial charge on any atom is 0.410 e. The van der Waals surface area contributed by atoms with Crippen LogP contribution in [0.15, 0.2) is 0 Å². The van der Waals surface area contributed by atoms with Crippen LogP contribution in [0.2, 0.25) is 0 Å². The van der Waals surface area contributed by atoms with Gasteiger partial charge in [-0.25, -0.2) is 4.79 Å². The summed E-state index contributed by atoms with van der Waals surface area (Å²) in [6, 6.07) is 0. The zero-order chi connectivity index (χ0) is 12.2. The summed E-state index contributed by atoms with van der Waals surface area (Å²) in [6.07, 6.45) is 1.92. The first kappa shape index (κ1) is 13.3. The average molecular weight is 229 g/mol. The van der Waals surface area contributed by atoms with E-state index < -0.39 is 5.60 Å². The van der Waals surface area contributed by atoms with E-state index in [2.05, 4.69) is 0 Å². The van der Waals surface area contributed by atoms with Crippen molar-refractivity contribution in [2.75, 3.05) is 19.7 Å². The van der Waals surface area contributed by atoms with E-state index in [-0.39, 0.29) is 6.09 Å². The lowest BCUT2D eigenvalue weighted by Crippen LogP contribution is -2.43. The lowest BCUT2D eigenvalue weighted by molar-refractivity contribution is -0.00802. The van der Waals surface area contributed by atoms with Crippen LogP contribution >= 0.6 is 0 Å². The highest BCUT2D eigenvalue weighted by Gasteiger charge is 2.26. The number of likely N-dealkylation sites (tertiary alicyclic amines) is 1. The Labute approximate surface area is 97.9 Å². The van der Waals surface area contributed by atoms with E-state index in [1.54, 1.807) is 4.90 Å². The number of ether oxygens (including phenoxy) is 2. The molecule has 1 rings (SSSR count). The van der Waals surface area contributed by atoms with Gasteiger partial charge in [-0.15, -0.1) is 0 Å². The largest absolute Gasteiger partial charge is 0.444 e. The number of amides is 1. The van der Waals surface area contributed by atoms with E-state index in [1.165, 1.54) is 0 Å². The van der Waals surface area contributed by atoms with Crippen LogP contribution < -0.4 is 0 Å². The summed E-state index contributed by atoms with van der Waals surface area (Å²) in [5.41, 5.74) is -0.409. The molecule has 0 aromatic rings. The number of hydrogen-bond donors (Lipinski definition) is 0. The van der Waals surface area contributed by atoms with Crippen LogP contribution in [0.25, 0.3) is 0 Å². The van der Waals surface area contributed by atoms with Crippen LogP contribution in [0.3, 0.4) is 0 Å². The molecule has 1 fully saturated rings. The van der Waals surface area contributed by atoms with Gasteiger partial charge in [-0.2, -0.15) is 0 Å². The fourth-order valence-electron chi connectivity index (χ4n) is 1.77. The molecule has 0 aromatic heterocycles. The van der Waals surface area contributed by atoms with Crippen LogP contribution in [-0.2, 0) is 9.47 Å². The van der Waals surface area contributed by atoms with Crippen molar-refractivity contribution in [2.45, 2.75) is 52.2 Å². The number of carbonyl (C=O) groups excluding carboxylic acids is 1. The van der Waals surface area contributed by atoms with Gasteiger partial charge < -0.3 is 14.4 Å². The van der Waals surface area contributed by atoms with Crippen LogP contribution in [0.5, 0.6) is 0 Å². The standard InChI is InChI=1S/C12H23NO3/c1-5-15-10-6-8-13(9-7-10)11(14)16-12(2,3)4/h10H,5-9H2,1-4H3. The Morgan fingerprint density at radius 3 is 2.31 bits per heavy atom. The molecule has 4 heteroatoms. The molecule has 4 nitrogen and oxygen atoms in total. The minimum Gasteiger partial charge on any atom is -0.444 e. The Hall–Kier alpha value is -0.770. The molecule has 0 spiro atoms. The molecule has 0 radical (unpaired) electrons. The second-order valence-corrected chi connectivity index (χ2v) is 5.12. The van der Waals surface area contributed by atoms with Crippen molar-refractivity contribution >= 4 is 6.09 Å². The molecule has 0 N–H and O–H groups in total. The summed E-state index contributed by atoms with van der Waals surface area (Å²) in [4.78, 5) is 13.5. The second-order valence-electron chi connectivity index (χ2n) is 5.12. The number of rotatable bonds is 2. The molecule has 1 saturated heterocycles. The number of piperidine rings is 1. The van der Waals surface area contributed by atoms with E-state index in [0.29, 0.717) is 6.10 Å². The first-order chi connectivity index (χ1) is 7.42. The second kappa shape index (κ2) is 5.53. The summed E-state index contributed by atoms with van der Waals surface area (Å²) in [5, 5.41) is 0. The van der Waals surface area contributed by atoms with E-state index in [4.69, 9.17) is 9.47 Å². The van der Waals surface area contributed by atoms with Gasteiger partial charge in [-0.05, 0) is 40.5 Å². The van der Waals surface area contributed by atoms with E-state index in [0.717, 1.165) is 32.5 Å². The predicted octanol–water partition coefficient (Wildman–Crippen LogP) is 2.42. The summed E-state index contributed by atoms with van der Waals surface area (Å²) >= 11 is 0. The van der Waals surface area contributed by atoms with Crippen molar-refractivity contribution in [3.63, 3.8) is 0 Å². The Balaban J connectivity index is 2.33. The Morgan fingerprint density at radius 1 is 1.31 bits per heavy atom. The smallest absolute Gasteiger partial charge is 0.410 e. The van der Waals surface area contributed by atoms with Gasteiger partial charge in [0.2, 0.25) is 0 Å². The zero-order valence-corrected chi connectivity index (χ0v) is 10.8. The van der Waals surface area contributed by atoms with Crippen molar-refractivity contribution in [3.05, 3.63) is 0 Å². The summed E-state index contributed by atoms with van der Waals surface area (Å²) in [6.45, 7) is 9.88. The van der Waals surface area contributed by atoms with Crippen molar-refractivity contribution in [1.82, 2.24) is 4.90 Å². The van der Waals surface area contributed by atoms with Gasteiger partial charge in [-0.3, -0.25) is 0 Å². The van der Waals surface area contributed by atoms with Gasteiger partial charge in [0.1, 0.15) is 5.60 Å². The monoisotopic (exact) mass is 229 g/mol. The lowest BCUT2D eigenvalue weighted by atomic mass is 10.1. The SMILES string of the molecule is CCOC1CCN(C(=O)OC(C)(C)C)CC1. The van der Waals surface area contributed by atoms with Gasteiger partial charge in [0, 0.05) is 19.7 Å². The van der Waals surface area contributed by atoms with Crippen molar-refractivity contribution in [2.24, 2.45) is 0 Å². The van der Waals surface area contributed by atoms with Crippen molar-refractivity contribution in [3.8, 4) is 0 Å². The van der Waals surface area contributed by atoms with Crippen molar-refractivity contribution < 1.29 is 14.3 Å². The minimum absolute atomic E-state index is 0.206. The molecule has 0 bridgehead atoms. The molecule has 0 unspecified atom stereocenters. The Bertz CT molecular complexity index is 227. The van der Waals surface area contributed by atoms with Gasteiger partial charge in [0.05, 0.1) is 6.10 Å². The third kappa shape index (κ3) is 4.39. The van der Waals surface area contributed by atoms with Crippen LogP contribution in [0, 0.1) is 0 Å². The lowest BCUT2D eigenvalue weighted by Gasteiger charge is -2.33. The maximum atomic E-state index is 11.7. The topological polar surface area (TPSA) is 38.8 Å². The average Bonchev–Trinajstić information content (AvgIpc) is 2.16. The predicted molar refractivity (Wildman–Crippen MR) is 62.5 cm³/mol. The van der Waals surface area contributed by atoms with Gasteiger partial charge in [0.15, 0.2) is 0 Å². The molecular formula is C12H23NO3. The molecular weight excluding hydrogens is 206 g/mol. The highest BCUT2D eigenvalue weighted by Crippen LogP contribution is 2.17. The number of nitrogens with zero attached hydrogens (tertiary/aromatic N) is 1.